The van der Waals surface area contributed by atoms with E-state index in [1.807, 2.05) is 12.1 Å². The highest BCUT2D eigenvalue weighted by atomic mass is 32.2. The van der Waals surface area contributed by atoms with Crippen LogP contribution in [0.4, 0.5) is 5.69 Å². The molecular formula is C23H22N2O5S2. The number of anilines is 1. The Morgan fingerprint density at radius 3 is 2.53 bits per heavy atom. The van der Waals surface area contributed by atoms with Crippen LogP contribution < -0.4 is 10.1 Å². The summed E-state index contributed by atoms with van der Waals surface area (Å²) in [5, 5.41) is 2.82. The van der Waals surface area contributed by atoms with Crippen molar-refractivity contribution in [1.29, 1.82) is 0 Å². The first-order chi connectivity index (χ1) is 15.4. The summed E-state index contributed by atoms with van der Waals surface area (Å²) in [5.41, 5.74) is 1.81. The molecule has 1 saturated heterocycles. The Kier molecular flexibility index (Phi) is 8.02. The predicted octanol–water partition coefficient (Wildman–Crippen LogP) is 4.10. The Balaban J connectivity index is 1.55. The number of nitrogens with one attached hydrogen (secondary N) is 1. The molecule has 2 amide bonds. The first kappa shape index (κ1) is 23.5. The molecule has 0 saturated carbocycles. The number of hydrogen-bond acceptors (Lipinski definition) is 7. The summed E-state index contributed by atoms with van der Waals surface area (Å²) in [6, 6.07) is 13.9. The van der Waals surface area contributed by atoms with Crippen LogP contribution in [-0.4, -0.2) is 47.8 Å². The van der Waals surface area contributed by atoms with Crippen LogP contribution in [0.2, 0.25) is 0 Å². The lowest BCUT2D eigenvalue weighted by Crippen LogP contribution is -2.29. The van der Waals surface area contributed by atoms with E-state index in [2.05, 4.69) is 10.1 Å². The number of carbonyl (C=O) groups excluding carboxylic acids is 3. The van der Waals surface area contributed by atoms with Crippen LogP contribution in [0.15, 0.2) is 53.4 Å². The van der Waals surface area contributed by atoms with Crippen LogP contribution in [0.3, 0.4) is 0 Å². The van der Waals surface area contributed by atoms with Gasteiger partial charge in [0.2, 0.25) is 5.91 Å². The van der Waals surface area contributed by atoms with Gasteiger partial charge in [-0.15, -0.1) is 0 Å². The number of thiocarbonyl (C=S) groups is 1. The van der Waals surface area contributed by atoms with Crippen molar-refractivity contribution in [2.24, 2.45) is 0 Å². The second-order valence-electron chi connectivity index (χ2n) is 6.80. The maximum Gasteiger partial charge on any atom is 0.337 e. The number of rotatable bonds is 8. The topological polar surface area (TPSA) is 84.9 Å². The standard InChI is InChI=1S/C23H22N2O5S2/c1-29-18-7-4-3-6-17(18)24-20(26)8-5-13-25-21(27)19(32-23(25)31)14-15-9-11-16(12-10-15)22(28)30-2/h3-4,6-7,9-12,14H,5,8,13H2,1-2H3,(H,24,26)/b19-14-. The molecule has 0 bridgehead atoms. The van der Waals surface area contributed by atoms with Gasteiger partial charge in [0.1, 0.15) is 10.1 Å². The summed E-state index contributed by atoms with van der Waals surface area (Å²) in [4.78, 5) is 38.6. The van der Waals surface area contributed by atoms with E-state index in [1.54, 1.807) is 49.6 Å². The third-order valence-electron chi connectivity index (χ3n) is 4.67. The first-order valence-electron chi connectivity index (χ1n) is 9.79. The molecule has 0 unspecified atom stereocenters. The fraction of sp³-hybridized carbons (Fsp3) is 0.217. The molecule has 1 N–H and O–H groups in total. The Hall–Kier alpha value is -3.17. The zero-order valence-corrected chi connectivity index (χ0v) is 19.3. The number of ether oxygens (including phenoxy) is 2. The lowest BCUT2D eigenvalue weighted by Gasteiger charge is -2.14. The maximum absolute atomic E-state index is 12.8. The number of para-hydroxylation sites is 2. The van der Waals surface area contributed by atoms with Gasteiger partial charge < -0.3 is 14.8 Å². The molecule has 0 aliphatic carbocycles. The van der Waals surface area contributed by atoms with Crippen molar-refractivity contribution in [3.8, 4) is 5.75 Å². The van der Waals surface area contributed by atoms with Crippen LogP contribution in [0.1, 0.15) is 28.8 Å². The number of nitrogens with zero attached hydrogens (tertiary/aromatic N) is 1. The fourth-order valence-electron chi connectivity index (χ4n) is 3.04. The van der Waals surface area contributed by atoms with Crippen molar-refractivity contribution in [3.05, 3.63) is 64.6 Å². The minimum atomic E-state index is -0.419. The molecule has 32 heavy (non-hydrogen) atoms. The van der Waals surface area contributed by atoms with Gasteiger partial charge in [0.15, 0.2) is 0 Å². The molecule has 9 heteroatoms. The molecule has 0 aromatic heterocycles. The number of amides is 2. The summed E-state index contributed by atoms with van der Waals surface area (Å²) in [5.74, 6) is -0.191. The van der Waals surface area contributed by atoms with Crippen molar-refractivity contribution in [1.82, 2.24) is 4.90 Å². The van der Waals surface area contributed by atoms with Crippen LogP contribution in [0, 0.1) is 0 Å². The number of methoxy groups -OCH3 is 2. The summed E-state index contributed by atoms with van der Waals surface area (Å²) in [7, 11) is 2.87. The molecule has 166 valence electrons. The number of hydrogen-bond donors (Lipinski definition) is 1. The second-order valence-corrected chi connectivity index (χ2v) is 8.47. The highest BCUT2D eigenvalue weighted by molar-refractivity contribution is 8.26. The van der Waals surface area contributed by atoms with Gasteiger partial charge in [0.05, 0.1) is 30.4 Å². The number of carbonyl (C=O) groups is 3. The van der Waals surface area contributed by atoms with Crippen molar-refractivity contribution >= 4 is 57.8 Å². The van der Waals surface area contributed by atoms with Gasteiger partial charge in [0, 0.05) is 13.0 Å². The molecule has 1 heterocycles. The Labute approximate surface area is 195 Å². The van der Waals surface area contributed by atoms with E-state index in [4.69, 9.17) is 17.0 Å². The van der Waals surface area contributed by atoms with Crippen molar-refractivity contribution < 1.29 is 23.9 Å². The van der Waals surface area contributed by atoms with E-state index in [0.29, 0.717) is 39.2 Å². The van der Waals surface area contributed by atoms with Gasteiger partial charge in [-0.2, -0.15) is 0 Å². The number of benzene rings is 2. The van der Waals surface area contributed by atoms with Gasteiger partial charge in [-0.25, -0.2) is 4.79 Å². The van der Waals surface area contributed by atoms with E-state index >= 15 is 0 Å². The van der Waals surface area contributed by atoms with Crippen molar-refractivity contribution in [2.75, 3.05) is 26.1 Å². The molecule has 2 aromatic rings. The van der Waals surface area contributed by atoms with E-state index in [1.165, 1.54) is 23.8 Å². The average Bonchev–Trinajstić information content (AvgIpc) is 3.06. The van der Waals surface area contributed by atoms with E-state index in [9.17, 15) is 14.4 Å². The molecule has 1 fully saturated rings. The van der Waals surface area contributed by atoms with Crippen molar-refractivity contribution in [2.45, 2.75) is 12.8 Å². The summed E-state index contributed by atoms with van der Waals surface area (Å²) in [6.45, 7) is 0.350. The van der Waals surface area contributed by atoms with Crippen LogP contribution in [0.25, 0.3) is 6.08 Å². The molecule has 0 radical (unpaired) electrons. The minimum absolute atomic E-state index is 0.166. The summed E-state index contributed by atoms with van der Waals surface area (Å²) >= 11 is 6.57. The predicted molar refractivity (Wildman–Crippen MR) is 129 cm³/mol. The van der Waals surface area contributed by atoms with Gasteiger partial charge in [0.25, 0.3) is 5.91 Å². The van der Waals surface area contributed by atoms with Gasteiger partial charge in [-0.05, 0) is 42.3 Å². The lowest BCUT2D eigenvalue weighted by atomic mass is 10.1. The van der Waals surface area contributed by atoms with Crippen molar-refractivity contribution in [3.63, 3.8) is 0 Å². The zero-order chi connectivity index (χ0) is 23.1. The Bertz CT molecular complexity index is 1070. The van der Waals surface area contributed by atoms with Crippen LogP contribution in [0.5, 0.6) is 5.75 Å². The summed E-state index contributed by atoms with van der Waals surface area (Å²) in [6.07, 6.45) is 2.44. The highest BCUT2D eigenvalue weighted by Gasteiger charge is 2.31. The average molecular weight is 471 g/mol. The minimum Gasteiger partial charge on any atom is -0.495 e. The molecule has 1 aliphatic heterocycles. The largest absolute Gasteiger partial charge is 0.495 e. The molecule has 3 rings (SSSR count). The number of esters is 1. The normalized spacial score (nSPS) is 14.6. The molecular weight excluding hydrogens is 448 g/mol. The zero-order valence-electron chi connectivity index (χ0n) is 17.6. The summed E-state index contributed by atoms with van der Waals surface area (Å²) < 4.78 is 10.4. The highest BCUT2D eigenvalue weighted by Crippen LogP contribution is 2.33. The quantitative estimate of drug-likeness (QED) is 0.353. The molecule has 0 spiro atoms. The van der Waals surface area contributed by atoms with E-state index in [-0.39, 0.29) is 18.2 Å². The van der Waals surface area contributed by atoms with E-state index in [0.717, 1.165) is 5.56 Å². The Morgan fingerprint density at radius 2 is 1.84 bits per heavy atom. The van der Waals surface area contributed by atoms with Crippen LogP contribution >= 0.6 is 24.0 Å². The molecule has 2 aromatic carbocycles. The van der Waals surface area contributed by atoms with Gasteiger partial charge in [-0.3, -0.25) is 14.5 Å². The Morgan fingerprint density at radius 1 is 1.12 bits per heavy atom. The SMILES string of the molecule is COC(=O)c1ccc(/C=C2\SC(=S)N(CCCC(=O)Nc3ccccc3OC)C2=O)cc1. The molecule has 7 nitrogen and oxygen atoms in total. The van der Waals surface area contributed by atoms with Gasteiger partial charge >= 0.3 is 5.97 Å². The first-order valence-corrected chi connectivity index (χ1v) is 11.0. The molecule has 0 atom stereocenters. The lowest BCUT2D eigenvalue weighted by molar-refractivity contribution is -0.122. The molecule has 1 aliphatic rings. The monoisotopic (exact) mass is 470 g/mol. The third-order valence-corrected chi connectivity index (χ3v) is 6.05. The van der Waals surface area contributed by atoms with Gasteiger partial charge in [-0.1, -0.05) is 48.2 Å². The third kappa shape index (κ3) is 5.74. The van der Waals surface area contributed by atoms with E-state index < -0.39 is 5.97 Å². The smallest absolute Gasteiger partial charge is 0.337 e. The fourth-order valence-corrected chi connectivity index (χ4v) is 4.34. The number of thioether (sulfide) groups is 1. The van der Waals surface area contributed by atoms with Crippen LogP contribution in [-0.2, 0) is 14.3 Å². The second kappa shape index (κ2) is 10.9. The maximum atomic E-state index is 12.8.